The van der Waals surface area contributed by atoms with Gasteiger partial charge in [-0.05, 0) is 29.3 Å². The lowest BCUT2D eigenvalue weighted by atomic mass is 10.0. The molecule has 0 bridgehead atoms. The van der Waals surface area contributed by atoms with Crippen LogP contribution in [0.5, 0.6) is 5.75 Å². The van der Waals surface area contributed by atoms with Crippen LogP contribution in [0.15, 0.2) is 36.4 Å². The molecule has 0 fully saturated rings. The summed E-state index contributed by atoms with van der Waals surface area (Å²) in [5.41, 5.74) is 0.249. The molecule has 0 aliphatic heterocycles. The summed E-state index contributed by atoms with van der Waals surface area (Å²) in [5.74, 6) is -0.451. The summed E-state index contributed by atoms with van der Waals surface area (Å²) in [6.45, 7) is 2.85. The standard InChI is InChI=1S/C27H40O3/c1-2-3-4-5-6-7-8-9-10-11-12-13-14-17-20-30-26-22-24-19-16-15-18-23(24)21-25(26)27(28)29/h15-16,18-19,21-22H,2-14,17,20H2,1H3,(H,28,29). The number of ether oxygens (including phenoxy) is 1. The summed E-state index contributed by atoms with van der Waals surface area (Å²) >= 11 is 0. The number of carboxylic acid groups (broad SMARTS) is 1. The largest absolute Gasteiger partial charge is 0.493 e. The minimum Gasteiger partial charge on any atom is -0.493 e. The number of fused-ring (bicyclic) bond motifs is 1. The molecular formula is C27H40O3. The van der Waals surface area contributed by atoms with Gasteiger partial charge in [-0.3, -0.25) is 0 Å². The van der Waals surface area contributed by atoms with Gasteiger partial charge in [-0.2, -0.15) is 0 Å². The Morgan fingerprint density at radius 2 is 1.20 bits per heavy atom. The van der Waals surface area contributed by atoms with E-state index in [0.29, 0.717) is 12.4 Å². The fraction of sp³-hybridized carbons (Fsp3) is 0.593. The average molecular weight is 413 g/mol. The van der Waals surface area contributed by atoms with E-state index in [1.165, 1.54) is 77.0 Å². The number of aromatic carboxylic acids is 1. The van der Waals surface area contributed by atoms with Crippen molar-refractivity contribution < 1.29 is 14.6 Å². The van der Waals surface area contributed by atoms with Gasteiger partial charge < -0.3 is 9.84 Å². The number of rotatable bonds is 17. The van der Waals surface area contributed by atoms with E-state index in [-0.39, 0.29) is 5.56 Å². The smallest absolute Gasteiger partial charge is 0.339 e. The predicted octanol–water partition coefficient (Wildman–Crippen LogP) is 8.40. The zero-order valence-electron chi connectivity index (χ0n) is 18.8. The SMILES string of the molecule is CCCCCCCCCCCCCCCCOc1cc2ccccc2cc1C(=O)O. The van der Waals surface area contributed by atoms with E-state index in [1.54, 1.807) is 6.07 Å². The van der Waals surface area contributed by atoms with Crippen LogP contribution in [0.4, 0.5) is 0 Å². The second-order valence-electron chi connectivity index (χ2n) is 8.45. The minimum absolute atomic E-state index is 0.249. The zero-order chi connectivity index (χ0) is 21.4. The molecule has 30 heavy (non-hydrogen) atoms. The van der Waals surface area contributed by atoms with Crippen molar-refractivity contribution in [3.8, 4) is 5.75 Å². The molecule has 3 heteroatoms. The van der Waals surface area contributed by atoms with Crippen molar-refractivity contribution in [3.63, 3.8) is 0 Å². The molecule has 0 amide bonds. The van der Waals surface area contributed by atoms with Gasteiger partial charge in [-0.1, -0.05) is 115 Å². The van der Waals surface area contributed by atoms with Gasteiger partial charge in [0, 0.05) is 0 Å². The van der Waals surface area contributed by atoms with Crippen molar-refractivity contribution in [1.29, 1.82) is 0 Å². The van der Waals surface area contributed by atoms with E-state index in [1.807, 2.05) is 30.3 Å². The molecule has 166 valence electrons. The Bertz CT molecular complexity index is 738. The van der Waals surface area contributed by atoms with Crippen molar-refractivity contribution in [2.75, 3.05) is 6.61 Å². The molecule has 0 saturated heterocycles. The normalized spacial score (nSPS) is 11.1. The van der Waals surface area contributed by atoms with Gasteiger partial charge >= 0.3 is 5.97 Å². The number of hydrogen-bond donors (Lipinski definition) is 1. The first-order valence-corrected chi connectivity index (χ1v) is 12.1. The van der Waals surface area contributed by atoms with E-state index >= 15 is 0 Å². The van der Waals surface area contributed by atoms with Crippen LogP contribution in [0.2, 0.25) is 0 Å². The van der Waals surface area contributed by atoms with Crippen LogP contribution in [0, 0.1) is 0 Å². The number of hydrogen-bond acceptors (Lipinski definition) is 2. The molecule has 0 aromatic heterocycles. The summed E-state index contributed by atoms with van der Waals surface area (Å²) < 4.78 is 5.83. The van der Waals surface area contributed by atoms with Crippen molar-refractivity contribution in [2.45, 2.75) is 96.8 Å². The van der Waals surface area contributed by atoms with E-state index in [2.05, 4.69) is 6.92 Å². The Labute approximate surface area is 182 Å². The minimum atomic E-state index is -0.934. The Balaban J connectivity index is 1.52. The highest BCUT2D eigenvalue weighted by molar-refractivity contribution is 5.97. The fourth-order valence-electron chi connectivity index (χ4n) is 3.98. The molecule has 1 N–H and O–H groups in total. The Kier molecular flexibility index (Phi) is 12.0. The van der Waals surface area contributed by atoms with Crippen LogP contribution < -0.4 is 4.74 Å². The molecular weight excluding hydrogens is 372 g/mol. The van der Waals surface area contributed by atoms with Crippen LogP contribution in [0.25, 0.3) is 10.8 Å². The van der Waals surface area contributed by atoms with Gasteiger partial charge in [-0.15, -0.1) is 0 Å². The Morgan fingerprint density at radius 1 is 0.733 bits per heavy atom. The quantitative estimate of drug-likeness (QED) is 0.265. The first-order chi connectivity index (χ1) is 14.7. The Hall–Kier alpha value is -2.03. The zero-order valence-corrected chi connectivity index (χ0v) is 18.8. The third kappa shape index (κ3) is 9.19. The van der Waals surface area contributed by atoms with Crippen molar-refractivity contribution in [1.82, 2.24) is 0 Å². The molecule has 0 radical (unpaired) electrons. The molecule has 2 aromatic rings. The lowest BCUT2D eigenvalue weighted by Crippen LogP contribution is -2.04. The first-order valence-electron chi connectivity index (χ1n) is 12.1. The van der Waals surface area contributed by atoms with E-state index in [0.717, 1.165) is 23.6 Å². The van der Waals surface area contributed by atoms with Gasteiger partial charge in [0.15, 0.2) is 0 Å². The van der Waals surface area contributed by atoms with Gasteiger partial charge in [0.2, 0.25) is 0 Å². The molecule has 2 rings (SSSR count). The number of unbranched alkanes of at least 4 members (excludes halogenated alkanes) is 13. The second-order valence-corrected chi connectivity index (χ2v) is 8.45. The van der Waals surface area contributed by atoms with E-state index in [4.69, 9.17) is 4.74 Å². The van der Waals surface area contributed by atoms with Gasteiger partial charge in [0.25, 0.3) is 0 Å². The maximum Gasteiger partial charge on any atom is 0.339 e. The fourth-order valence-corrected chi connectivity index (χ4v) is 3.98. The number of carboxylic acids is 1. The van der Waals surface area contributed by atoms with Crippen LogP contribution in [-0.2, 0) is 0 Å². The lowest BCUT2D eigenvalue weighted by molar-refractivity contribution is 0.0692. The molecule has 2 aromatic carbocycles. The van der Waals surface area contributed by atoms with Crippen LogP contribution in [0.1, 0.15) is 107 Å². The summed E-state index contributed by atoms with van der Waals surface area (Å²) in [5, 5.41) is 11.4. The van der Waals surface area contributed by atoms with E-state index in [9.17, 15) is 9.90 Å². The van der Waals surface area contributed by atoms with Crippen molar-refractivity contribution >= 4 is 16.7 Å². The highest BCUT2D eigenvalue weighted by atomic mass is 16.5. The van der Waals surface area contributed by atoms with E-state index < -0.39 is 5.97 Å². The monoisotopic (exact) mass is 412 g/mol. The molecule has 0 saturated carbocycles. The maximum absolute atomic E-state index is 11.5. The van der Waals surface area contributed by atoms with Gasteiger partial charge in [-0.25, -0.2) is 4.79 Å². The van der Waals surface area contributed by atoms with Crippen molar-refractivity contribution in [3.05, 3.63) is 42.0 Å². The first kappa shape index (κ1) is 24.2. The molecule has 0 aliphatic carbocycles. The van der Waals surface area contributed by atoms with Gasteiger partial charge in [0.05, 0.1) is 6.61 Å². The van der Waals surface area contributed by atoms with Gasteiger partial charge in [0.1, 0.15) is 11.3 Å². The summed E-state index contributed by atoms with van der Waals surface area (Å²) in [7, 11) is 0. The predicted molar refractivity (Wildman–Crippen MR) is 127 cm³/mol. The lowest BCUT2D eigenvalue weighted by Gasteiger charge is -2.11. The number of carbonyl (C=O) groups is 1. The molecule has 0 unspecified atom stereocenters. The third-order valence-corrected chi connectivity index (χ3v) is 5.83. The Morgan fingerprint density at radius 3 is 1.70 bits per heavy atom. The highest BCUT2D eigenvalue weighted by Gasteiger charge is 2.12. The number of benzene rings is 2. The van der Waals surface area contributed by atoms with Crippen molar-refractivity contribution in [2.24, 2.45) is 0 Å². The molecule has 0 spiro atoms. The van der Waals surface area contributed by atoms with Crippen LogP contribution in [-0.4, -0.2) is 17.7 Å². The topological polar surface area (TPSA) is 46.5 Å². The maximum atomic E-state index is 11.5. The van der Waals surface area contributed by atoms with Crippen LogP contribution in [0.3, 0.4) is 0 Å². The summed E-state index contributed by atoms with van der Waals surface area (Å²) in [4.78, 5) is 11.5. The molecule has 0 atom stereocenters. The summed E-state index contributed by atoms with van der Waals surface area (Å²) in [6.07, 6.45) is 18.5. The average Bonchev–Trinajstić information content (AvgIpc) is 2.75. The second kappa shape index (κ2) is 14.9. The molecule has 0 aliphatic rings. The highest BCUT2D eigenvalue weighted by Crippen LogP contribution is 2.26. The third-order valence-electron chi connectivity index (χ3n) is 5.83. The molecule has 0 heterocycles. The summed E-state index contributed by atoms with van der Waals surface area (Å²) in [6, 6.07) is 11.4. The van der Waals surface area contributed by atoms with Crippen LogP contribution >= 0.6 is 0 Å². The molecule has 3 nitrogen and oxygen atoms in total.